The van der Waals surface area contributed by atoms with Crippen LogP contribution in [0, 0.1) is 18.3 Å². The number of nitrogens with zero attached hydrogens (tertiary/aromatic N) is 2. The van der Waals surface area contributed by atoms with Crippen molar-refractivity contribution in [3.63, 3.8) is 0 Å². The fraction of sp³-hybridized carbons (Fsp3) is 0.733. The molecule has 1 aromatic heterocycles. The Hall–Kier alpha value is -0.680. The number of hydrogen-bond acceptors (Lipinski definition) is 3. The Morgan fingerprint density at radius 1 is 1.55 bits per heavy atom. The van der Waals surface area contributed by atoms with Gasteiger partial charge in [-0.1, -0.05) is 13.8 Å². The van der Waals surface area contributed by atoms with Crippen molar-refractivity contribution < 1.29 is 4.79 Å². The first-order valence-electron chi connectivity index (χ1n) is 7.38. The average molecular weight is 342 g/mol. The molecule has 112 valence electrons. The smallest absolute Gasteiger partial charge is 0.146 e. The van der Waals surface area contributed by atoms with Gasteiger partial charge in [0.1, 0.15) is 5.78 Å². The monoisotopic (exact) mass is 341 g/mol. The van der Waals surface area contributed by atoms with E-state index in [0.717, 1.165) is 41.9 Å². The van der Waals surface area contributed by atoms with Crippen molar-refractivity contribution in [3.05, 3.63) is 15.9 Å². The fourth-order valence-electron chi connectivity index (χ4n) is 3.13. The molecule has 20 heavy (non-hydrogen) atoms. The van der Waals surface area contributed by atoms with E-state index in [2.05, 4.69) is 47.1 Å². The Morgan fingerprint density at radius 2 is 2.25 bits per heavy atom. The molecule has 1 atom stereocenters. The minimum absolute atomic E-state index is 0.212. The van der Waals surface area contributed by atoms with Gasteiger partial charge in [-0.3, -0.25) is 9.48 Å². The van der Waals surface area contributed by atoms with E-state index in [1.165, 1.54) is 0 Å². The third-order valence-corrected chi connectivity index (χ3v) is 5.66. The topological polar surface area (TPSA) is 46.9 Å². The highest BCUT2D eigenvalue weighted by molar-refractivity contribution is 9.10. The quantitative estimate of drug-likeness (QED) is 0.895. The maximum absolute atomic E-state index is 12.9. The van der Waals surface area contributed by atoms with Crippen LogP contribution in [0.4, 0.5) is 0 Å². The SMILES string of the molecule is CCn1nc(C)c(Br)c1CC(=O)C1(C(C)C)CCNC1. The van der Waals surface area contributed by atoms with Crippen LogP contribution < -0.4 is 5.32 Å². The van der Waals surface area contributed by atoms with Crippen LogP contribution in [0.3, 0.4) is 0 Å². The summed E-state index contributed by atoms with van der Waals surface area (Å²) in [6.45, 7) is 10.9. The molecule has 1 aliphatic rings. The Kier molecular flexibility index (Phi) is 4.69. The predicted molar refractivity (Wildman–Crippen MR) is 83.8 cm³/mol. The molecule has 0 radical (unpaired) electrons. The number of rotatable bonds is 5. The molecular formula is C15H24BrN3O. The summed E-state index contributed by atoms with van der Waals surface area (Å²) in [6.07, 6.45) is 1.41. The van der Waals surface area contributed by atoms with Gasteiger partial charge in [0.2, 0.25) is 0 Å². The number of ketones is 1. The minimum atomic E-state index is -0.212. The van der Waals surface area contributed by atoms with Crippen LogP contribution in [0.1, 0.15) is 38.6 Å². The summed E-state index contributed by atoms with van der Waals surface area (Å²) >= 11 is 3.58. The second-order valence-electron chi connectivity index (χ2n) is 6.00. The summed E-state index contributed by atoms with van der Waals surface area (Å²) in [5, 5.41) is 7.83. The van der Waals surface area contributed by atoms with E-state index in [9.17, 15) is 4.79 Å². The van der Waals surface area contributed by atoms with Crippen LogP contribution in [-0.2, 0) is 17.8 Å². The Balaban J connectivity index is 2.27. The van der Waals surface area contributed by atoms with E-state index in [4.69, 9.17) is 0 Å². The van der Waals surface area contributed by atoms with E-state index in [-0.39, 0.29) is 5.41 Å². The van der Waals surface area contributed by atoms with Gasteiger partial charge in [-0.15, -0.1) is 0 Å². The molecule has 0 aliphatic carbocycles. The van der Waals surface area contributed by atoms with Crippen molar-refractivity contribution >= 4 is 21.7 Å². The summed E-state index contributed by atoms with van der Waals surface area (Å²) in [5.74, 6) is 0.704. The van der Waals surface area contributed by atoms with Gasteiger partial charge in [0.15, 0.2) is 0 Å². The summed E-state index contributed by atoms with van der Waals surface area (Å²) < 4.78 is 2.92. The lowest BCUT2D eigenvalue weighted by Crippen LogP contribution is -2.39. The molecule has 5 heteroatoms. The van der Waals surface area contributed by atoms with E-state index >= 15 is 0 Å². The Morgan fingerprint density at radius 3 is 2.75 bits per heavy atom. The van der Waals surface area contributed by atoms with E-state index in [1.54, 1.807) is 0 Å². The maximum Gasteiger partial charge on any atom is 0.146 e. The predicted octanol–water partition coefficient (Wildman–Crippen LogP) is 2.72. The van der Waals surface area contributed by atoms with Crippen LogP contribution in [0.5, 0.6) is 0 Å². The molecule has 0 bridgehead atoms. The van der Waals surface area contributed by atoms with Gasteiger partial charge in [0.25, 0.3) is 0 Å². The van der Waals surface area contributed by atoms with Gasteiger partial charge in [-0.05, 0) is 48.7 Å². The zero-order chi connectivity index (χ0) is 14.9. The highest BCUT2D eigenvalue weighted by Crippen LogP contribution is 2.37. The molecule has 1 aliphatic heterocycles. The van der Waals surface area contributed by atoms with Crippen LogP contribution in [0.25, 0.3) is 0 Å². The molecule has 1 unspecified atom stereocenters. The second-order valence-corrected chi connectivity index (χ2v) is 6.79. The van der Waals surface area contributed by atoms with Crippen LogP contribution >= 0.6 is 15.9 Å². The van der Waals surface area contributed by atoms with E-state index < -0.39 is 0 Å². The highest BCUT2D eigenvalue weighted by atomic mass is 79.9. The molecule has 4 nitrogen and oxygen atoms in total. The van der Waals surface area contributed by atoms with Gasteiger partial charge < -0.3 is 5.32 Å². The summed E-state index contributed by atoms with van der Waals surface area (Å²) in [5.41, 5.74) is 1.76. The molecule has 2 heterocycles. The molecule has 0 saturated carbocycles. The van der Waals surface area contributed by atoms with Crippen LogP contribution in [0.2, 0.25) is 0 Å². The number of halogens is 1. The maximum atomic E-state index is 12.9. The molecule has 1 N–H and O–H groups in total. The fourth-order valence-corrected chi connectivity index (χ4v) is 3.55. The molecule has 1 fully saturated rings. The molecule has 0 amide bonds. The van der Waals surface area contributed by atoms with Crippen molar-refractivity contribution in [2.24, 2.45) is 11.3 Å². The van der Waals surface area contributed by atoms with Gasteiger partial charge in [-0.2, -0.15) is 5.10 Å². The second kappa shape index (κ2) is 5.98. The Bertz CT molecular complexity index is 501. The number of carbonyl (C=O) groups excluding carboxylic acids is 1. The van der Waals surface area contributed by atoms with Gasteiger partial charge in [0, 0.05) is 18.5 Å². The van der Waals surface area contributed by atoms with Crippen molar-refractivity contribution in [1.82, 2.24) is 15.1 Å². The third-order valence-electron chi connectivity index (χ3n) is 4.63. The number of hydrogen-bond donors (Lipinski definition) is 1. The third kappa shape index (κ3) is 2.58. The first-order chi connectivity index (χ1) is 9.42. The minimum Gasteiger partial charge on any atom is -0.316 e. The number of aromatic nitrogens is 2. The lowest BCUT2D eigenvalue weighted by molar-refractivity contribution is -0.129. The summed E-state index contributed by atoms with van der Waals surface area (Å²) in [4.78, 5) is 12.9. The largest absolute Gasteiger partial charge is 0.316 e. The standard InChI is InChI=1S/C15H24BrN3O/c1-5-19-12(14(16)11(4)18-19)8-13(20)15(10(2)3)6-7-17-9-15/h10,17H,5-9H2,1-4H3. The number of aryl methyl sites for hydroxylation is 2. The first kappa shape index (κ1) is 15.7. The molecule has 1 aromatic rings. The van der Waals surface area contributed by atoms with Crippen molar-refractivity contribution in [1.29, 1.82) is 0 Å². The van der Waals surface area contributed by atoms with E-state index in [0.29, 0.717) is 18.1 Å². The molecule has 0 spiro atoms. The van der Waals surface area contributed by atoms with Gasteiger partial charge >= 0.3 is 0 Å². The van der Waals surface area contributed by atoms with Crippen molar-refractivity contribution in [2.75, 3.05) is 13.1 Å². The summed E-state index contributed by atoms with van der Waals surface area (Å²) in [6, 6.07) is 0. The normalized spacial score (nSPS) is 22.7. The zero-order valence-electron chi connectivity index (χ0n) is 12.8. The average Bonchev–Trinajstić information content (AvgIpc) is 3.00. The lowest BCUT2D eigenvalue weighted by Gasteiger charge is -2.31. The Labute approximate surface area is 129 Å². The van der Waals surface area contributed by atoms with Crippen molar-refractivity contribution in [2.45, 2.75) is 47.1 Å². The molecule has 2 rings (SSSR count). The number of carbonyl (C=O) groups is 1. The first-order valence-corrected chi connectivity index (χ1v) is 8.17. The highest BCUT2D eigenvalue weighted by Gasteiger charge is 2.43. The van der Waals surface area contributed by atoms with Crippen LogP contribution in [-0.4, -0.2) is 28.7 Å². The zero-order valence-corrected chi connectivity index (χ0v) is 14.4. The van der Waals surface area contributed by atoms with Gasteiger partial charge in [0.05, 0.1) is 22.3 Å². The molecule has 1 saturated heterocycles. The number of Topliss-reactive ketones (excluding diaryl/α,β-unsaturated/α-hetero) is 1. The van der Waals surface area contributed by atoms with Crippen molar-refractivity contribution in [3.8, 4) is 0 Å². The molecular weight excluding hydrogens is 318 g/mol. The lowest BCUT2D eigenvalue weighted by atomic mass is 9.72. The summed E-state index contributed by atoms with van der Waals surface area (Å²) in [7, 11) is 0. The molecule has 0 aromatic carbocycles. The number of nitrogens with one attached hydrogen (secondary N) is 1. The van der Waals surface area contributed by atoms with Gasteiger partial charge in [-0.25, -0.2) is 0 Å². The van der Waals surface area contributed by atoms with Crippen LogP contribution in [0.15, 0.2) is 4.47 Å². The van der Waals surface area contributed by atoms with E-state index in [1.807, 2.05) is 11.6 Å².